The normalized spacial score (nSPS) is 28.1. The van der Waals surface area contributed by atoms with Crippen molar-refractivity contribution in [1.29, 1.82) is 0 Å². The van der Waals surface area contributed by atoms with E-state index >= 15 is 0 Å². The topological polar surface area (TPSA) is 38.0 Å². The molecular formula is C19H30N2. The summed E-state index contributed by atoms with van der Waals surface area (Å²) in [6.45, 7) is 2.32. The van der Waals surface area contributed by atoms with Crippen LogP contribution in [-0.2, 0) is 0 Å². The second-order valence-corrected chi connectivity index (χ2v) is 7.14. The Morgan fingerprint density at radius 2 is 1.81 bits per heavy atom. The number of nitrogens with two attached hydrogens (primary N) is 1. The van der Waals surface area contributed by atoms with Crippen LogP contribution in [0.1, 0.15) is 81.4 Å². The summed E-state index contributed by atoms with van der Waals surface area (Å²) in [5.41, 5.74) is 6.01. The third-order valence-corrected chi connectivity index (χ3v) is 5.92. The second-order valence-electron chi connectivity index (χ2n) is 7.14. The number of nitrogens with one attached hydrogen (secondary N) is 1. The molecule has 2 aliphatic carbocycles. The van der Waals surface area contributed by atoms with Gasteiger partial charge in [0.05, 0.1) is 0 Å². The summed E-state index contributed by atoms with van der Waals surface area (Å²) < 4.78 is 0. The first-order valence-corrected chi connectivity index (χ1v) is 8.87. The molecule has 2 aliphatic rings. The molecule has 1 aromatic carbocycles. The monoisotopic (exact) mass is 286 g/mol. The van der Waals surface area contributed by atoms with Crippen LogP contribution in [0.2, 0.25) is 0 Å². The Bertz CT molecular complexity index is 435. The zero-order chi connectivity index (χ0) is 14.7. The largest absolute Gasteiger partial charge is 0.271 e. The van der Waals surface area contributed by atoms with E-state index < -0.39 is 0 Å². The SMILES string of the molecule is CCC1CCCC(C(NN)c2ccc(C3CCC3)cc2)C1. The average molecular weight is 286 g/mol. The highest BCUT2D eigenvalue weighted by molar-refractivity contribution is 5.29. The summed E-state index contributed by atoms with van der Waals surface area (Å²) in [5, 5.41) is 0. The van der Waals surface area contributed by atoms with Crippen molar-refractivity contribution < 1.29 is 0 Å². The van der Waals surface area contributed by atoms with E-state index in [0.717, 1.165) is 11.8 Å². The maximum Gasteiger partial charge on any atom is 0.0488 e. The molecule has 3 rings (SSSR count). The lowest BCUT2D eigenvalue weighted by molar-refractivity contribution is 0.210. The predicted molar refractivity (Wildman–Crippen MR) is 88.8 cm³/mol. The molecule has 0 saturated heterocycles. The van der Waals surface area contributed by atoms with Crippen molar-refractivity contribution in [3.05, 3.63) is 35.4 Å². The van der Waals surface area contributed by atoms with Gasteiger partial charge in [-0.3, -0.25) is 11.3 Å². The van der Waals surface area contributed by atoms with Crippen molar-refractivity contribution in [2.45, 2.75) is 70.3 Å². The van der Waals surface area contributed by atoms with E-state index in [-0.39, 0.29) is 0 Å². The van der Waals surface area contributed by atoms with E-state index in [9.17, 15) is 0 Å². The fourth-order valence-electron chi connectivity index (χ4n) is 4.23. The Balaban J connectivity index is 1.69. The Labute approximate surface area is 129 Å². The third kappa shape index (κ3) is 3.32. The highest BCUT2D eigenvalue weighted by atomic mass is 15.2. The van der Waals surface area contributed by atoms with Crippen LogP contribution in [0, 0.1) is 11.8 Å². The van der Waals surface area contributed by atoms with Gasteiger partial charge in [-0.15, -0.1) is 0 Å². The van der Waals surface area contributed by atoms with Gasteiger partial charge in [0.1, 0.15) is 0 Å². The van der Waals surface area contributed by atoms with Gasteiger partial charge in [0.15, 0.2) is 0 Å². The van der Waals surface area contributed by atoms with Crippen LogP contribution in [0.4, 0.5) is 0 Å². The first-order valence-electron chi connectivity index (χ1n) is 8.87. The Hall–Kier alpha value is -0.860. The fourth-order valence-corrected chi connectivity index (χ4v) is 4.23. The van der Waals surface area contributed by atoms with Gasteiger partial charge >= 0.3 is 0 Å². The molecule has 0 bridgehead atoms. The van der Waals surface area contributed by atoms with Gasteiger partial charge in [0, 0.05) is 6.04 Å². The van der Waals surface area contributed by atoms with Crippen molar-refractivity contribution in [2.24, 2.45) is 17.7 Å². The van der Waals surface area contributed by atoms with Crippen molar-refractivity contribution in [3.8, 4) is 0 Å². The van der Waals surface area contributed by atoms with Gasteiger partial charge in [0.25, 0.3) is 0 Å². The van der Waals surface area contributed by atoms with Gasteiger partial charge in [-0.25, -0.2) is 0 Å². The molecule has 2 saturated carbocycles. The molecule has 3 unspecified atom stereocenters. The molecule has 0 amide bonds. The third-order valence-electron chi connectivity index (χ3n) is 5.92. The maximum absolute atomic E-state index is 5.91. The molecule has 2 fully saturated rings. The van der Waals surface area contributed by atoms with Gasteiger partial charge < -0.3 is 0 Å². The summed E-state index contributed by atoms with van der Waals surface area (Å²) >= 11 is 0. The molecule has 1 aromatic rings. The molecule has 0 heterocycles. The van der Waals surface area contributed by atoms with Crippen molar-refractivity contribution in [1.82, 2.24) is 5.43 Å². The van der Waals surface area contributed by atoms with Crippen molar-refractivity contribution >= 4 is 0 Å². The number of benzene rings is 1. The highest BCUT2D eigenvalue weighted by Gasteiger charge is 2.28. The van der Waals surface area contributed by atoms with Crippen LogP contribution in [0.15, 0.2) is 24.3 Å². The standard InChI is InChI=1S/C19H30N2/c1-2-14-5-3-8-18(13-14)19(21-20)17-11-9-16(10-12-17)15-6-4-7-15/h9-12,14-15,18-19,21H,2-8,13,20H2,1H3. The summed E-state index contributed by atoms with van der Waals surface area (Å²) in [6, 6.07) is 9.63. The zero-order valence-corrected chi connectivity index (χ0v) is 13.4. The summed E-state index contributed by atoms with van der Waals surface area (Å²) in [6.07, 6.45) is 10.9. The van der Waals surface area contributed by atoms with Crippen LogP contribution in [0.3, 0.4) is 0 Å². The van der Waals surface area contributed by atoms with E-state index in [0.29, 0.717) is 12.0 Å². The minimum atomic E-state index is 0.329. The average Bonchev–Trinajstić information content (AvgIpc) is 2.48. The smallest absolute Gasteiger partial charge is 0.0488 e. The molecule has 2 heteroatoms. The van der Waals surface area contributed by atoms with Crippen LogP contribution in [0.5, 0.6) is 0 Å². The van der Waals surface area contributed by atoms with E-state index in [1.165, 1.54) is 62.5 Å². The first kappa shape index (κ1) is 15.1. The van der Waals surface area contributed by atoms with Crippen molar-refractivity contribution in [3.63, 3.8) is 0 Å². The van der Waals surface area contributed by atoms with Gasteiger partial charge in [-0.1, -0.05) is 56.9 Å². The summed E-state index contributed by atoms with van der Waals surface area (Å²) in [5.74, 6) is 8.32. The summed E-state index contributed by atoms with van der Waals surface area (Å²) in [7, 11) is 0. The molecule has 0 spiro atoms. The van der Waals surface area contributed by atoms with Crippen LogP contribution in [0.25, 0.3) is 0 Å². The minimum absolute atomic E-state index is 0.329. The van der Waals surface area contributed by atoms with E-state index in [4.69, 9.17) is 5.84 Å². The van der Waals surface area contributed by atoms with E-state index in [2.05, 4.69) is 36.6 Å². The molecule has 0 radical (unpaired) electrons. The van der Waals surface area contributed by atoms with Gasteiger partial charge in [-0.05, 0) is 54.6 Å². The first-order chi connectivity index (χ1) is 10.3. The van der Waals surface area contributed by atoms with E-state index in [1.54, 1.807) is 0 Å². The molecular weight excluding hydrogens is 256 g/mol. The quantitative estimate of drug-likeness (QED) is 0.609. The summed E-state index contributed by atoms with van der Waals surface area (Å²) in [4.78, 5) is 0. The zero-order valence-electron chi connectivity index (χ0n) is 13.4. The highest BCUT2D eigenvalue weighted by Crippen LogP contribution is 2.40. The Morgan fingerprint density at radius 3 is 2.38 bits per heavy atom. The number of hydrazine groups is 1. The predicted octanol–water partition coefficient (Wildman–Crippen LogP) is 4.67. The molecule has 116 valence electrons. The maximum atomic E-state index is 5.91. The minimum Gasteiger partial charge on any atom is -0.271 e. The van der Waals surface area contributed by atoms with E-state index in [1.807, 2.05) is 0 Å². The Morgan fingerprint density at radius 1 is 1.10 bits per heavy atom. The molecule has 21 heavy (non-hydrogen) atoms. The fraction of sp³-hybridized carbons (Fsp3) is 0.684. The van der Waals surface area contributed by atoms with Crippen LogP contribution in [-0.4, -0.2) is 0 Å². The lowest BCUT2D eigenvalue weighted by Gasteiger charge is -2.34. The number of hydrogen-bond donors (Lipinski definition) is 2. The Kier molecular flexibility index (Phi) is 4.97. The lowest BCUT2D eigenvalue weighted by Crippen LogP contribution is -2.35. The molecule has 0 aliphatic heterocycles. The molecule has 3 atom stereocenters. The molecule has 2 nitrogen and oxygen atoms in total. The van der Waals surface area contributed by atoms with Crippen LogP contribution < -0.4 is 11.3 Å². The van der Waals surface area contributed by atoms with Crippen molar-refractivity contribution in [2.75, 3.05) is 0 Å². The van der Waals surface area contributed by atoms with Gasteiger partial charge in [0.2, 0.25) is 0 Å². The molecule has 3 N–H and O–H groups in total. The molecule has 0 aromatic heterocycles. The second kappa shape index (κ2) is 6.93. The number of hydrogen-bond acceptors (Lipinski definition) is 2. The lowest BCUT2D eigenvalue weighted by atomic mass is 9.75. The van der Waals surface area contributed by atoms with Crippen LogP contribution >= 0.6 is 0 Å². The van der Waals surface area contributed by atoms with Gasteiger partial charge in [-0.2, -0.15) is 0 Å². The number of rotatable bonds is 5.